The van der Waals surface area contributed by atoms with Crippen LogP contribution in [0.3, 0.4) is 0 Å². The van der Waals surface area contributed by atoms with Crippen LogP contribution in [-0.4, -0.2) is 28.7 Å². The van der Waals surface area contributed by atoms with E-state index in [4.69, 9.17) is 4.74 Å². The molecule has 0 radical (unpaired) electrons. The third-order valence-corrected chi connectivity index (χ3v) is 2.48. The lowest BCUT2D eigenvalue weighted by Gasteiger charge is -2.24. The molecule has 1 saturated heterocycles. The number of ketones is 1. The van der Waals surface area contributed by atoms with Crippen molar-refractivity contribution in [2.75, 3.05) is 0 Å². The second kappa shape index (κ2) is 1.73. The lowest BCUT2D eigenvalue weighted by Crippen LogP contribution is -2.38. The van der Waals surface area contributed by atoms with Crippen molar-refractivity contribution in [3.8, 4) is 0 Å². The standard InChI is InChI=1S/C8H10O3/c1-4-3-5(9)6-7(11-6)8(4,2)10/h3,6-7,10H,1-2H3/t6?,7?,8-/m1/s1. The van der Waals surface area contributed by atoms with Crippen LogP contribution in [0.4, 0.5) is 0 Å². The predicted octanol–water partition coefficient (Wildman–Crippen LogP) is 0.0338. The van der Waals surface area contributed by atoms with Gasteiger partial charge in [0.25, 0.3) is 0 Å². The number of hydrogen-bond acceptors (Lipinski definition) is 3. The van der Waals surface area contributed by atoms with Crippen LogP contribution in [0.25, 0.3) is 0 Å². The second-order valence-corrected chi connectivity index (χ2v) is 3.35. The molecule has 3 heteroatoms. The van der Waals surface area contributed by atoms with Gasteiger partial charge in [0.1, 0.15) is 17.8 Å². The van der Waals surface area contributed by atoms with Gasteiger partial charge in [0.15, 0.2) is 5.78 Å². The van der Waals surface area contributed by atoms with Crippen LogP contribution in [0, 0.1) is 0 Å². The highest BCUT2D eigenvalue weighted by Gasteiger charge is 2.58. The Labute approximate surface area is 64.7 Å². The van der Waals surface area contributed by atoms with E-state index in [-0.39, 0.29) is 18.0 Å². The lowest BCUT2D eigenvalue weighted by molar-refractivity contribution is -0.116. The van der Waals surface area contributed by atoms with E-state index >= 15 is 0 Å². The first kappa shape index (κ1) is 7.00. The number of carbonyl (C=O) groups is 1. The third-order valence-electron chi connectivity index (χ3n) is 2.48. The number of epoxide rings is 1. The van der Waals surface area contributed by atoms with Crippen LogP contribution < -0.4 is 0 Å². The van der Waals surface area contributed by atoms with Gasteiger partial charge >= 0.3 is 0 Å². The van der Waals surface area contributed by atoms with E-state index in [0.717, 1.165) is 0 Å². The molecule has 0 aromatic carbocycles. The van der Waals surface area contributed by atoms with Crippen molar-refractivity contribution in [3.63, 3.8) is 0 Å². The highest BCUT2D eigenvalue weighted by atomic mass is 16.6. The SMILES string of the molecule is CC1=CC(=O)C2OC2[C@]1(C)O. The molecule has 3 atom stereocenters. The van der Waals surface area contributed by atoms with Gasteiger partial charge in [0.2, 0.25) is 0 Å². The van der Waals surface area contributed by atoms with Crippen LogP contribution in [0.15, 0.2) is 11.6 Å². The van der Waals surface area contributed by atoms with Crippen molar-refractivity contribution < 1.29 is 14.6 Å². The van der Waals surface area contributed by atoms with Crippen molar-refractivity contribution in [1.82, 2.24) is 0 Å². The van der Waals surface area contributed by atoms with Crippen LogP contribution in [0.2, 0.25) is 0 Å². The molecule has 0 bridgehead atoms. The molecule has 0 spiro atoms. The largest absolute Gasteiger partial charge is 0.383 e. The first-order chi connectivity index (χ1) is 5.03. The van der Waals surface area contributed by atoms with Gasteiger partial charge in [0.05, 0.1) is 0 Å². The molecule has 0 saturated carbocycles. The molecule has 1 aliphatic heterocycles. The van der Waals surface area contributed by atoms with Crippen LogP contribution in [0.5, 0.6) is 0 Å². The number of fused-ring (bicyclic) bond motifs is 1. The maximum Gasteiger partial charge on any atom is 0.187 e. The molecule has 60 valence electrons. The number of hydrogen-bond donors (Lipinski definition) is 1. The van der Waals surface area contributed by atoms with Crippen molar-refractivity contribution >= 4 is 5.78 Å². The molecule has 1 fully saturated rings. The Hall–Kier alpha value is -0.670. The van der Waals surface area contributed by atoms with E-state index in [1.54, 1.807) is 13.8 Å². The molecule has 0 amide bonds. The quantitative estimate of drug-likeness (QED) is 0.501. The minimum absolute atomic E-state index is 0.0148. The van der Waals surface area contributed by atoms with E-state index < -0.39 is 5.60 Å². The van der Waals surface area contributed by atoms with Crippen molar-refractivity contribution in [3.05, 3.63) is 11.6 Å². The Kier molecular flexibility index (Phi) is 1.10. The van der Waals surface area contributed by atoms with Gasteiger partial charge in [0, 0.05) is 0 Å². The van der Waals surface area contributed by atoms with Crippen molar-refractivity contribution in [2.45, 2.75) is 31.7 Å². The van der Waals surface area contributed by atoms with Crippen LogP contribution in [-0.2, 0) is 9.53 Å². The molecular weight excluding hydrogens is 144 g/mol. The molecule has 3 nitrogen and oxygen atoms in total. The Bertz CT molecular complexity index is 252. The maximum absolute atomic E-state index is 11.0. The van der Waals surface area contributed by atoms with E-state index in [9.17, 15) is 9.90 Å². The molecule has 2 rings (SSSR count). The molecule has 1 N–H and O–H groups in total. The first-order valence-corrected chi connectivity index (χ1v) is 3.64. The van der Waals surface area contributed by atoms with E-state index in [0.29, 0.717) is 5.57 Å². The van der Waals surface area contributed by atoms with Gasteiger partial charge in [-0.2, -0.15) is 0 Å². The molecule has 11 heavy (non-hydrogen) atoms. The summed E-state index contributed by atoms with van der Waals surface area (Å²) >= 11 is 0. The van der Waals surface area contributed by atoms with Gasteiger partial charge in [-0.25, -0.2) is 0 Å². The molecule has 0 aromatic rings. The second-order valence-electron chi connectivity index (χ2n) is 3.35. The van der Waals surface area contributed by atoms with Gasteiger partial charge in [-0.15, -0.1) is 0 Å². The average Bonchev–Trinajstić information content (AvgIpc) is 2.62. The highest BCUT2D eigenvalue weighted by Crippen LogP contribution is 2.41. The summed E-state index contributed by atoms with van der Waals surface area (Å²) in [6.07, 6.45) is 0.808. The topological polar surface area (TPSA) is 49.8 Å². The fourth-order valence-electron chi connectivity index (χ4n) is 1.42. The molecule has 1 aliphatic carbocycles. The fraction of sp³-hybridized carbons (Fsp3) is 0.625. The molecule has 0 aromatic heterocycles. The Morgan fingerprint density at radius 2 is 2.36 bits per heavy atom. The third kappa shape index (κ3) is 0.781. The lowest BCUT2D eigenvalue weighted by atomic mass is 9.85. The minimum atomic E-state index is -0.932. The van der Waals surface area contributed by atoms with Gasteiger partial charge in [-0.05, 0) is 25.5 Å². The minimum Gasteiger partial charge on any atom is -0.383 e. The van der Waals surface area contributed by atoms with Gasteiger partial charge < -0.3 is 9.84 Å². The van der Waals surface area contributed by atoms with E-state index in [1.165, 1.54) is 6.08 Å². The number of carbonyl (C=O) groups excluding carboxylic acids is 1. The van der Waals surface area contributed by atoms with Gasteiger partial charge in [-0.1, -0.05) is 0 Å². The van der Waals surface area contributed by atoms with E-state index in [2.05, 4.69) is 0 Å². The Morgan fingerprint density at radius 1 is 1.73 bits per heavy atom. The fourth-order valence-corrected chi connectivity index (χ4v) is 1.42. The summed E-state index contributed by atoms with van der Waals surface area (Å²) in [7, 11) is 0. The zero-order valence-electron chi connectivity index (χ0n) is 6.50. The Morgan fingerprint density at radius 3 is 3.00 bits per heavy atom. The monoisotopic (exact) mass is 154 g/mol. The van der Waals surface area contributed by atoms with Gasteiger partial charge in [-0.3, -0.25) is 4.79 Å². The molecular formula is C8H10O3. The summed E-state index contributed by atoms with van der Waals surface area (Å²) < 4.78 is 5.02. The molecule has 2 unspecified atom stereocenters. The normalized spacial score (nSPS) is 48.3. The number of rotatable bonds is 0. The molecule has 2 aliphatic rings. The summed E-state index contributed by atoms with van der Waals surface area (Å²) in [5.41, 5.74) is -0.236. The van der Waals surface area contributed by atoms with E-state index in [1.807, 2.05) is 0 Å². The summed E-state index contributed by atoms with van der Waals surface area (Å²) in [6, 6.07) is 0. The summed E-state index contributed by atoms with van der Waals surface area (Å²) in [5, 5.41) is 9.73. The average molecular weight is 154 g/mol. The zero-order valence-corrected chi connectivity index (χ0v) is 6.50. The zero-order chi connectivity index (χ0) is 8.22. The van der Waals surface area contributed by atoms with Crippen LogP contribution in [0.1, 0.15) is 13.8 Å². The van der Waals surface area contributed by atoms with Crippen molar-refractivity contribution in [2.24, 2.45) is 0 Å². The number of ether oxygens (including phenoxy) is 1. The summed E-state index contributed by atoms with van der Waals surface area (Å²) in [5.74, 6) is -0.0148. The predicted molar refractivity (Wildman–Crippen MR) is 38.0 cm³/mol. The maximum atomic E-state index is 11.0. The first-order valence-electron chi connectivity index (χ1n) is 3.64. The number of aliphatic hydroxyl groups is 1. The molecule has 1 heterocycles. The van der Waals surface area contributed by atoms with Crippen molar-refractivity contribution in [1.29, 1.82) is 0 Å². The Balaban J connectivity index is 2.40. The smallest absolute Gasteiger partial charge is 0.187 e. The summed E-state index contributed by atoms with van der Waals surface area (Å²) in [6.45, 7) is 3.42. The van der Waals surface area contributed by atoms with Crippen LogP contribution >= 0.6 is 0 Å². The highest BCUT2D eigenvalue weighted by molar-refractivity contribution is 5.98. The summed E-state index contributed by atoms with van der Waals surface area (Å²) in [4.78, 5) is 11.0.